The quantitative estimate of drug-likeness (QED) is 0.391. The predicted octanol–water partition coefficient (Wildman–Crippen LogP) is 4.25. The number of cyclic esters (lactones) is 1. The van der Waals surface area contributed by atoms with Gasteiger partial charge in [0.15, 0.2) is 0 Å². The van der Waals surface area contributed by atoms with E-state index in [2.05, 4.69) is 40.1 Å². The summed E-state index contributed by atoms with van der Waals surface area (Å²) in [6.45, 7) is 5.58. The summed E-state index contributed by atoms with van der Waals surface area (Å²) in [5.74, 6) is 2.98. The highest BCUT2D eigenvalue weighted by Crippen LogP contribution is 2.41. The molecule has 2 heterocycles. The highest BCUT2D eigenvalue weighted by molar-refractivity contribution is 7.99. The third kappa shape index (κ3) is 5.33. The Morgan fingerprint density at radius 2 is 1.81 bits per heavy atom. The summed E-state index contributed by atoms with van der Waals surface area (Å²) in [5.41, 5.74) is 2.74. The summed E-state index contributed by atoms with van der Waals surface area (Å²) in [5, 5.41) is 0. The van der Waals surface area contributed by atoms with Gasteiger partial charge in [-0.1, -0.05) is 18.2 Å². The molecule has 0 aliphatic carbocycles. The number of carbonyl (C=O) groups is 1. The number of carbonyl (C=O) groups excluding carboxylic acids is 1. The largest absolute Gasteiger partial charge is 0.497 e. The van der Waals surface area contributed by atoms with Crippen molar-refractivity contribution in [3.8, 4) is 11.5 Å². The Balaban J connectivity index is 1.16. The summed E-state index contributed by atoms with van der Waals surface area (Å²) in [6.07, 6.45) is 1.76. The zero-order chi connectivity index (χ0) is 22.3. The van der Waals surface area contributed by atoms with Crippen LogP contribution in [0.3, 0.4) is 0 Å². The molecule has 0 aromatic heterocycles. The molecule has 0 bridgehead atoms. The van der Waals surface area contributed by atoms with E-state index < -0.39 is 0 Å². The lowest BCUT2D eigenvalue weighted by Crippen LogP contribution is -2.46. The molecule has 2 aliphatic heterocycles. The van der Waals surface area contributed by atoms with Crippen molar-refractivity contribution in [2.45, 2.75) is 18.9 Å². The molecule has 172 valence electrons. The lowest BCUT2D eigenvalue weighted by Gasteiger charge is -2.36. The van der Waals surface area contributed by atoms with Crippen molar-refractivity contribution in [1.82, 2.24) is 4.90 Å². The number of benzene rings is 2. The molecule has 4 rings (SSSR count). The Labute approximate surface area is 194 Å². The van der Waals surface area contributed by atoms with Crippen LogP contribution < -0.4 is 14.4 Å². The van der Waals surface area contributed by atoms with Crippen molar-refractivity contribution in [2.24, 2.45) is 0 Å². The minimum absolute atomic E-state index is 0.222. The topological polar surface area (TPSA) is 51.2 Å². The van der Waals surface area contributed by atoms with Crippen LogP contribution in [-0.2, 0) is 4.74 Å². The molecule has 1 atom stereocenters. The first kappa shape index (κ1) is 22.8. The number of hydrogen-bond acceptors (Lipinski definition) is 7. The van der Waals surface area contributed by atoms with Crippen molar-refractivity contribution in [3.63, 3.8) is 0 Å². The Morgan fingerprint density at radius 1 is 1.03 bits per heavy atom. The van der Waals surface area contributed by atoms with E-state index in [9.17, 15) is 4.79 Å². The van der Waals surface area contributed by atoms with Crippen LogP contribution in [0.4, 0.5) is 5.69 Å². The number of rotatable bonds is 10. The van der Waals surface area contributed by atoms with Gasteiger partial charge in [0.1, 0.15) is 23.2 Å². The highest BCUT2D eigenvalue weighted by Gasteiger charge is 2.34. The van der Waals surface area contributed by atoms with E-state index in [1.54, 1.807) is 20.3 Å². The van der Waals surface area contributed by atoms with Gasteiger partial charge >= 0.3 is 5.97 Å². The van der Waals surface area contributed by atoms with E-state index in [0.717, 1.165) is 56.2 Å². The van der Waals surface area contributed by atoms with Gasteiger partial charge in [-0.05, 0) is 49.1 Å². The number of anilines is 1. The van der Waals surface area contributed by atoms with Gasteiger partial charge in [-0.2, -0.15) is 11.8 Å². The van der Waals surface area contributed by atoms with E-state index in [-0.39, 0.29) is 12.1 Å². The van der Waals surface area contributed by atoms with Crippen LogP contribution in [0.1, 0.15) is 34.9 Å². The summed E-state index contributed by atoms with van der Waals surface area (Å²) >= 11 is 1.93. The van der Waals surface area contributed by atoms with E-state index in [1.807, 2.05) is 17.8 Å². The number of ether oxygens (including phenoxy) is 3. The molecule has 6 nitrogen and oxygen atoms in total. The van der Waals surface area contributed by atoms with Crippen LogP contribution in [0.15, 0.2) is 42.5 Å². The van der Waals surface area contributed by atoms with Crippen LogP contribution in [0.2, 0.25) is 0 Å². The maximum absolute atomic E-state index is 12.3. The fourth-order valence-corrected chi connectivity index (χ4v) is 5.30. The maximum Gasteiger partial charge on any atom is 0.342 e. The molecule has 7 heteroatoms. The average molecular weight is 457 g/mol. The number of para-hydroxylation sites is 1. The van der Waals surface area contributed by atoms with Crippen LogP contribution in [0.5, 0.6) is 11.5 Å². The zero-order valence-electron chi connectivity index (χ0n) is 18.9. The van der Waals surface area contributed by atoms with Gasteiger partial charge in [0, 0.05) is 43.5 Å². The van der Waals surface area contributed by atoms with Gasteiger partial charge in [0.05, 0.1) is 14.2 Å². The van der Waals surface area contributed by atoms with Gasteiger partial charge in [-0.25, -0.2) is 4.79 Å². The molecule has 1 saturated heterocycles. The lowest BCUT2D eigenvalue weighted by atomic mass is 10.0. The van der Waals surface area contributed by atoms with Crippen LogP contribution in [0, 0.1) is 0 Å². The van der Waals surface area contributed by atoms with Gasteiger partial charge < -0.3 is 19.1 Å². The van der Waals surface area contributed by atoms with E-state index in [0.29, 0.717) is 17.1 Å². The van der Waals surface area contributed by atoms with Gasteiger partial charge in [-0.3, -0.25) is 4.90 Å². The highest BCUT2D eigenvalue weighted by atomic mass is 32.2. The first-order valence-corrected chi connectivity index (χ1v) is 12.4. The van der Waals surface area contributed by atoms with Crippen molar-refractivity contribution >= 4 is 23.4 Å². The molecule has 2 aliphatic rings. The second-order valence-electron chi connectivity index (χ2n) is 8.11. The number of piperazine rings is 1. The first-order valence-electron chi connectivity index (χ1n) is 11.3. The number of thioether (sulfide) groups is 1. The molecule has 0 amide bonds. The number of hydrogen-bond donors (Lipinski definition) is 0. The minimum Gasteiger partial charge on any atom is -0.497 e. The fourth-order valence-electron chi connectivity index (χ4n) is 4.38. The van der Waals surface area contributed by atoms with Crippen LogP contribution in [0.25, 0.3) is 0 Å². The molecule has 0 saturated carbocycles. The monoisotopic (exact) mass is 456 g/mol. The van der Waals surface area contributed by atoms with Crippen molar-refractivity contribution < 1.29 is 19.0 Å². The van der Waals surface area contributed by atoms with Gasteiger partial charge in [0.2, 0.25) is 0 Å². The molecule has 2 aromatic rings. The van der Waals surface area contributed by atoms with Gasteiger partial charge in [0.25, 0.3) is 0 Å². The number of nitrogens with zero attached hydrogens (tertiary/aromatic N) is 2. The smallest absolute Gasteiger partial charge is 0.342 e. The van der Waals surface area contributed by atoms with Crippen LogP contribution >= 0.6 is 11.8 Å². The SMILES string of the molecule is COc1cc(OC)c2c(c1)C(CCSCCCN1CCN(c3ccccc3)CC1)OC2=O. The third-order valence-corrected chi connectivity index (χ3v) is 7.24. The van der Waals surface area contributed by atoms with Gasteiger partial charge in [-0.15, -0.1) is 0 Å². The lowest BCUT2D eigenvalue weighted by molar-refractivity contribution is 0.0379. The summed E-state index contributed by atoms with van der Waals surface area (Å²) in [4.78, 5) is 17.4. The van der Waals surface area contributed by atoms with Crippen molar-refractivity contribution in [3.05, 3.63) is 53.6 Å². The molecular weight excluding hydrogens is 424 g/mol. The first-order chi connectivity index (χ1) is 15.7. The number of methoxy groups -OCH3 is 2. The van der Waals surface area contributed by atoms with Crippen molar-refractivity contribution in [1.29, 1.82) is 0 Å². The second-order valence-corrected chi connectivity index (χ2v) is 9.33. The van der Waals surface area contributed by atoms with Crippen LogP contribution in [-0.4, -0.2) is 69.3 Å². The summed E-state index contributed by atoms with van der Waals surface area (Å²) < 4.78 is 16.3. The maximum atomic E-state index is 12.3. The Kier molecular flexibility index (Phi) is 7.81. The molecule has 1 fully saturated rings. The molecule has 32 heavy (non-hydrogen) atoms. The Morgan fingerprint density at radius 3 is 2.53 bits per heavy atom. The Bertz CT molecular complexity index is 900. The average Bonchev–Trinajstić information content (AvgIpc) is 3.16. The van der Waals surface area contributed by atoms with Crippen molar-refractivity contribution in [2.75, 3.05) is 63.3 Å². The van der Waals surface area contributed by atoms with E-state index >= 15 is 0 Å². The molecule has 0 spiro atoms. The summed E-state index contributed by atoms with van der Waals surface area (Å²) in [7, 11) is 3.18. The Hall–Kier alpha value is -2.38. The predicted molar refractivity (Wildman–Crippen MR) is 129 cm³/mol. The molecular formula is C25H32N2O4S. The second kappa shape index (κ2) is 11.0. The third-order valence-electron chi connectivity index (χ3n) is 6.14. The fraction of sp³-hybridized carbons (Fsp3) is 0.480. The van der Waals surface area contributed by atoms with E-state index in [4.69, 9.17) is 14.2 Å². The normalized spacial score (nSPS) is 18.4. The standard InChI is InChI=1S/C25H32N2O4S/c1-29-20-17-21-22(31-25(28)24(21)23(18-20)30-2)9-16-32-15-6-10-26-11-13-27(14-12-26)19-7-4-3-5-8-19/h3-5,7-8,17-18,22H,6,9-16H2,1-2H3. The summed E-state index contributed by atoms with van der Waals surface area (Å²) in [6, 6.07) is 14.3. The number of esters is 1. The molecule has 0 N–H and O–H groups in total. The minimum atomic E-state index is -0.302. The van der Waals surface area contributed by atoms with E-state index in [1.165, 1.54) is 12.1 Å². The zero-order valence-corrected chi connectivity index (χ0v) is 19.7. The molecule has 1 unspecified atom stereocenters. The number of fused-ring (bicyclic) bond motifs is 1. The molecule has 2 aromatic carbocycles. The molecule has 0 radical (unpaired) electrons.